The van der Waals surface area contributed by atoms with Crippen molar-refractivity contribution in [3.63, 3.8) is 0 Å². The minimum Gasteiger partial charge on any atom is -0.480 e. The maximum absolute atomic E-state index is 12.0. The van der Waals surface area contributed by atoms with Crippen LogP contribution in [-0.4, -0.2) is 23.0 Å². The first kappa shape index (κ1) is 16.7. The van der Waals surface area contributed by atoms with Gasteiger partial charge < -0.3 is 10.4 Å². The van der Waals surface area contributed by atoms with E-state index in [2.05, 4.69) is 21.2 Å². The summed E-state index contributed by atoms with van der Waals surface area (Å²) >= 11 is 3.42. The molecule has 5 heteroatoms. The van der Waals surface area contributed by atoms with Gasteiger partial charge in [-0.05, 0) is 36.5 Å². The largest absolute Gasteiger partial charge is 0.480 e. The standard InChI is InChI=1S/C15H20BrNO3/c1-9(2)7-13(15(19)20)17-14(18)8-11-5-4-6-12(16)10(11)3/h4-6,9,13H,7-8H2,1-3H3,(H,17,18)(H,19,20)/t13-/m0/s1. The number of carboxylic acids is 1. The maximum Gasteiger partial charge on any atom is 0.326 e. The predicted octanol–water partition coefficient (Wildman–Crippen LogP) is 2.92. The van der Waals surface area contributed by atoms with Crippen molar-refractivity contribution in [2.75, 3.05) is 0 Å². The molecule has 0 radical (unpaired) electrons. The van der Waals surface area contributed by atoms with Gasteiger partial charge in [-0.2, -0.15) is 0 Å². The zero-order valence-corrected chi connectivity index (χ0v) is 13.5. The van der Waals surface area contributed by atoms with Crippen LogP contribution in [0.4, 0.5) is 0 Å². The quantitative estimate of drug-likeness (QED) is 0.835. The number of amides is 1. The molecule has 0 aliphatic rings. The normalized spacial score (nSPS) is 12.2. The Morgan fingerprint density at radius 1 is 1.35 bits per heavy atom. The van der Waals surface area contributed by atoms with Crippen LogP contribution in [0.15, 0.2) is 22.7 Å². The third-order valence-electron chi connectivity index (χ3n) is 3.07. The molecule has 0 spiro atoms. The van der Waals surface area contributed by atoms with Gasteiger partial charge in [0.15, 0.2) is 0 Å². The Bertz CT molecular complexity index is 500. The molecule has 0 fully saturated rings. The Balaban J connectivity index is 2.71. The van der Waals surface area contributed by atoms with E-state index in [1.54, 1.807) is 0 Å². The van der Waals surface area contributed by atoms with Gasteiger partial charge >= 0.3 is 5.97 Å². The van der Waals surface area contributed by atoms with Crippen LogP contribution in [0.3, 0.4) is 0 Å². The Labute approximate surface area is 127 Å². The molecule has 4 nitrogen and oxygen atoms in total. The minimum absolute atomic E-state index is 0.188. The molecular formula is C15H20BrNO3. The van der Waals surface area contributed by atoms with Crippen molar-refractivity contribution in [2.45, 2.75) is 39.7 Å². The average molecular weight is 342 g/mol. The first-order valence-corrected chi connectivity index (χ1v) is 7.36. The fourth-order valence-corrected chi connectivity index (χ4v) is 2.36. The second kappa shape index (κ2) is 7.43. The van der Waals surface area contributed by atoms with Crippen LogP contribution >= 0.6 is 15.9 Å². The fraction of sp³-hybridized carbons (Fsp3) is 0.467. The van der Waals surface area contributed by atoms with Crippen molar-refractivity contribution in [1.29, 1.82) is 0 Å². The first-order chi connectivity index (χ1) is 9.31. The summed E-state index contributed by atoms with van der Waals surface area (Å²) in [6.45, 7) is 5.79. The number of benzene rings is 1. The number of nitrogens with one attached hydrogen (secondary N) is 1. The molecule has 110 valence electrons. The van der Waals surface area contributed by atoms with E-state index in [9.17, 15) is 9.59 Å². The van der Waals surface area contributed by atoms with Crippen LogP contribution in [0.2, 0.25) is 0 Å². The van der Waals surface area contributed by atoms with E-state index in [1.807, 2.05) is 39.0 Å². The second-order valence-electron chi connectivity index (χ2n) is 5.29. The van der Waals surface area contributed by atoms with Crippen LogP contribution in [0.5, 0.6) is 0 Å². The highest BCUT2D eigenvalue weighted by Gasteiger charge is 2.21. The van der Waals surface area contributed by atoms with Crippen molar-refractivity contribution >= 4 is 27.8 Å². The summed E-state index contributed by atoms with van der Waals surface area (Å²) in [5.41, 5.74) is 1.89. The molecule has 0 aromatic heterocycles. The highest BCUT2D eigenvalue weighted by molar-refractivity contribution is 9.10. The predicted molar refractivity (Wildman–Crippen MR) is 81.6 cm³/mol. The van der Waals surface area contributed by atoms with Gasteiger partial charge in [-0.1, -0.05) is 41.9 Å². The second-order valence-corrected chi connectivity index (χ2v) is 6.14. The van der Waals surface area contributed by atoms with E-state index >= 15 is 0 Å². The highest BCUT2D eigenvalue weighted by Crippen LogP contribution is 2.19. The number of aliphatic carboxylic acids is 1. The SMILES string of the molecule is Cc1c(Br)cccc1CC(=O)N[C@@H](CC(C)C)C(=O)O. The number of carbonyl (C=O) groups excluding carboxylic acids is 1. The molecule has 1 aromatic carbocycles. The van der Waals surface area contributed by atoms with E-state index in [-0.39, 0.29) is 18.2 Å². The van der Waals surface area contributed by atoms with Crippen LogP contribution in [0, 0.1) is 12.8 Å². The summed E-state index contributed by atoms with van der Waals surface area (Å²) < 4.78 is 0.944. The molecule has 0 aliphatic carbocycles. The van der Waals surface area contributed by atoms with E-state index < -0.39 is 12.0 Å². The molecular weight excluding hydrogens is 322 g/mol. The molecule has 0 bridgehead atoms. The Morgan fingerprint density at radius 3 is 2.55 bits per heavy atom. The maximum atomic E-state index is 12.0. The van der Waals surface area contributed by atoms with Crippen molar-refractivity contribution in [1.82, 2.24) is 5.32 Å². The third-order valence-corrected chi connectivity index (χ3v) is 3.93. The van der Waals surface area contributed by atoms with Gasteiger partial charge in [0.25, 0.3) is 0 Å². The molecule has 0 aliphatic heterocycles. The van der Waals surface area contributed by atoms with Crippen molar-refractivity contribution in [3.8, 4) is 0 Å². The van der Waals surface area contributed by atoms with E-state index in [0.29, 0.717) is 6.42 Å². The monoisotopic (exact) mass is 341 g/mol. The fourth-order valence-electron chi connectivity index (χ4n) is 1.95. The van der Waals surface area contributed by atoms with Gasteiger partial charge in [0, 0.05) is 4.47 Å². The Hall–Kier alpha value is -1.36. The number of hydrogen-bond donors (Lipinski definition) is 2. The van der Waals surface area contributed by atoms with E-state index in [0.717, 1.165) is 15.6 Å². The van der Waals surface area contributed by atoms with Crippen molar-refractivity contribution in [2.24, 2.45) is 5.92 Å². The molecule has 0 saturated heterocycles. The zero-order chi connectivity index (χ0) is 15.3. The molecule has 1 atom stereocenters. The molecule has 0 saturated carbocycles. The van der Waals surface area contributed by atoms with E-state index in [1.165, 1.54) is 0 Å². The van der Waals surface area contributed by atoms with Gasteiger partial charge in [0.2, 0.25) is 5.91 Å². The summed E-state index contributed by atoms with van der Waals surface area (Å²) in [5.74, 6) is -1.04. The molecule has 0 heterocycles. The van der Waals surface area contributed by atoms with Crippen LogP contribution in [0.25, 0.3) is 0 Å². The van der Waals surface area contributed by atoms with Gasteiger partial charge in [0.1, 0.15) is 6.04 Å². The van der Waals surface area contributed by atoms with Crippen LogP contribution in [-0.2, 0) is 16.0 Å². The number of carboxylic acid groups (broad SMARTS) is 1. The zero-order valence-electron chi connectivity index (χ0n) is 11.9. The lowest BCUT2D eigenvalue weighted by molar-refractivity contribution is -0.142. The van der Waals surface area contributed by atoms with Crippen LogP contribution < -0.4 is 5.32 Å². The topological polar surface area (TPSA) is 66.4 Å². The number of rotatable bonds is 6. The van der Waals surface area contributed by atoms with Crippen molar-refractivity contribution in [3.05, 3.63) is 33.8 Å². The van der Waals surface area contributed by atoms with Gasteiger partial charge in [-0.15, -0.1) is 0 Å². The number of hydrogen-bond acceptors (Lipinski definition) is 2. The molecule has 1 rings (SSSR count). The van der Waals surface area contributed by atoms with Gasteiger partial charge in [0.05, 0.1) is 6.42 Å². The lowest BCUT2D eigenvalue weighted by atomic mass is 10.0. The lowest BCUT2D eigenvalue weighted by Crippen LogP contribution is -2.42. The molecule has 1 aromatic rings. The smallest absolute Gasteiger partial charge is 0.326 e. The number of halogens is 1. The average Bonchev–Trinajstić information content (AvgIpc) is 2.33. The molecule has 20 heavy (non-hydrogen) atoms. The summed E-state index contributed by atoms with van der Waals surface area (Å²) in [4.78, 5) is 23.1. The Morgan fingerprint density at radius 2 is 2.00 bits per heavy atom. The van der Waals surface area contributed by atoms with E-state index in [4.69, 9.17) is 5.11 Å². The minimum atomic E-state index is -0.988. The highest BCUT2D eigenvalue weighted by atomic mass is 79.9. The molecule has 2 N–H and O–H groups in total. The van der Waals surface area contributed by atoms with Gasteiger partial charge in [-0.25, -0.2) is 4.79 Å². The Kier molecular flexibility index (Phi) is 6.20. The number of carbonyl (C=O) groups is 2. The molecule has 0 unspecified atom stereocenters. The third kappa shape index (κ3) is 4.96. The van der Waals surface area contributed by atoms with Crippen LogP contribution in [0.1, 0.15) is 31.4 Å². The summed E-state index contributed by atoms with van der Waals surface area (Å²) in [7, 11) is 0. The molecule has 1 amide bonds. The van der Waals surface area contributed by atoms with Crippen molar-refractivity contribution < 1.29 is 14.7 Å². The first-order valence-electron chi connectivity index (χ1n) is 6.57. The lowest BCUT2D eigenvalue weighted by Gasteiger charge is -2.17. The summed E-state index contributed by atoms with van der Waals surface area (Å²) in [6.07, 6.45) is 0.617. The van der Waals surface area contributed by atoms with Gasteiger partial charge in [-0.3, -0.25) is 4.79 Å². The summed E-state index contributed by atoms with van der Waals surface area (Å²) in [5, 5.41) is 11.7. The summed E-state index contributed by atoms with van der Waals surface area (Å²) in [6, 6.07) is 4.82.